The average Bonchev–Trinajstić information content (AvgIpc) is 3.21. The minimum Gasteiger partial charge on any atom is -0.497 e. The zero-order valence-corrected chi connectivity index (χ0v) is 16.6. The summed E-state index contributed by atoms with van der Waals surface area (Å²) >= 11 is 0. The van der Waals surface area contributed by atoms with Gasteiger partial charge in [0.1, 0.15) is 17.3 Å². The zero-order chi connectivity index (χ0) is 20.8. The normalized spacial score (nSPS) is 11.7. The van der Waals surface area contributed by atoms with E-state index < -0.39 is 0 Å². The fourth-order valence-electron chi connectivity index (χ4n) is 2.92. The van der Waals surface area contributed by atoms with E-state index in [0.29, 0.717) is 29.6 Å². The largest absolute Gasteiger partial charge is 0.497 e. The van der Waals surface area contributed by atoms with Crippen molar-refractivity contribution in [2.45, 2.75) is 25.8 Å². The lowest BCUT2D eigenvalue weighted by atomic mass is 10.1. The SMILES string of the molecule is COc1ccc(-c2cnc(CCC(=O)N[C@@H](C)c3ccc(F)cc3)o2)c(OC)c1. The molecule has 0 saturated heterocycles. The molecule has 152 valence electrons. The molecule has 2 aromatic carbocycles. The molecule has 0 spiro atoms. The summed E-state index contributed by atoms with van der Waals surface area (Å²) in [5.41, 5.74) is 1.59. The van der Waals surface area contributed by atoms with Gasteiger partial charge in [0.15, 0.2) is 11.7 Å². The molecule has 3 aromatic rings. The van der Waals surface area contributed by atoms with E-state index in [9.17, 15) is 9.18 Å². The molecular formula is C22H23FN2O4. The number of carbonyl (C=O) groups excluding carboxylic acids is 1. The molecule has 29 heavy (non-hydrogen) atoms. The molecule has 6 nitrogen and oxygen atoms in total. The number of hydrogen-bond acceptors (Lipinski definition) is 5. The molecule has 1 atom stereocenters. The Kier molecular flexibility index (Phi) is 6.49. The van der Waals surface area contributed by atoms with Crippen LogP contribution in [0.15, 0.2) is 53.1 Å². The van der Waals surface area contributed by atoms with Crippen LogP contribution in [0.4, 0.5) is 4.39 Å². The highest BCUT2D eigenvalue weighted by atomic mass is 19.1. The third-order valence-corrected chi connectivity index (χ3v) is 4.54. The number of aryl methyl sites for hydroxylation is 1. The van der Waals surface area contributed by atoms with Crippen LogP contribution in [0.3, 0.4) is 0 Å². The fourth-order valence-corrected chi connectivity index (χ4v) is 2.92. The van der Waals surface area contributed by atoms with Gasteiger partial charge >= 0.3 is 0 Å². The lowest BCUT2D eigenvalue weighted by Crippen LogP contribution is -2.26. The van der Waals surface area contributed by atoms with Crippen LogP contribution < -0.4 is 14.8 Å². The highest BCUT2D eigenvalue weighted by molar-refractivity contribution is 5.76. The minimum atomic E-state index is -0.305. The van der Waals surface area contributed by atoms with Gasteiger partial charge < -0.3 is 19.2 Å². The van der Waals surface area contributed by atoms with E-state index in [1.54, 1.807) is 38.6 Å². The van der Waals surface area contributed by atoms with Gasteiger partial charge in [0, 0.05) is 18.9 Å². The molecule has 0 aliphatic heterocycles. The van der Waals surface area contributed by atoms with Gasteiger partial charge in [-0.3, -0.25) is 4.79 Å². The standard InChI is InChI=1S/C22H23FN2O4/c1-14(15-4-6-16(23)7-5-15)25-21(26)10-11-22-24-13-20(29-22)18-9-8-17(27-2)12-19(18)28-3/h4-9,12-14H,10-11H2,1-3H3,(H,25,26)/t14-/m0/s1. The van der Waals surface area contributed by atoms with Crippen LogP contribution in [0.25, 0.3) is 11.3 Å². The van der Waals surface area contributed by atoms with Gasteiger partial charge in [-0.25, -0.2) is 9.37 Å². The van der Waals surface area contributed by atoms with Crippen LogP contribution in [-0.4, -0.2) is 25.1 Å². The van der Waals surface area contributed by atoms with Crippen molar-refractivity contribution in [1.82, 2.24) is 10.3 Å². The third-order valence-electron chi connectivity index (χ3n) is 4.54. The van der Waals surface area contributed by atoms with Crippen LogP contribution in [0.5, 0.6) is 11.5 Å². The Morgan fingerprint density at radius 2 is 1.93 bits per heavy atom. The number of carbonyl (C=O) groups is 1. The van der Waals surface area contributed by atoms with E-state index in [4.69, 9.17) is 13.9 Å². The van der Waals surface area contributed by atoms with Crippen LogP contribution >= 0.6 is 0 Å². The number of halogens is 1. The lowest BCUT2D eigenvalue weighted by Gasteiger charge is -2.14. The summed E-state index contributed by atoms with van der Waals surface area (Å²) in [5.74, 6) is 1.86. The van der Waals surface area contributed by atoms with Crippen LogP contribution in [0.1, 0.15) is 30.8 Å². The quantitative estimate of drug-likeness (QED) is 0.612. The van der Waals surface area contributed by atoms with Crippen molar-refractivity contribution in [3.63, 3.8) is 0 Å². The van der Waals surface area contributed by atoms with Crippen molar-refractivity contribution < 1.29 is 23.1 Å². The smallest absolute Gasteiger partial charge is 0.220 e. The Hall–Kier alpha value is -3.35. The van der Waals surface area contributed by atoms with Crippen LogP contribution in [0.2, 0.25) is 0 Å². The summed E-state index contributed by atoms with van der Waals surface area (Å²) in [4.78, 5) is 16.5. The molecule has 0 saturated carbocycles. The molecule has 0 fully saturated rings. The van der Waals surface area contributed by atoms with Crippen molar-refractivity contribution in [3.05, 3.63) is 65.9 Å². The van der Waals surface area contributed by atoms with Crippen molar-refractivity contribution in [1.29, 1.82) is 0 Å². The second kappa shape index (κ2) is 9.23. The van der Waals surface area contributed by atoms with Gasteiger partial charge in [0.2, 0.25) is 5.91 Å². The maximum atomic E-state index is 13.0. The van der Waals surface area contributed by atoms with E-state index in [1.807, 2.05) is 19.1 Å². The van der Waals surface area contributed by atoms with Gasteiger partial charge in [-0.15, -0.1) is 0 Å². The number of oxazole rings is 1. The first-order valence-electron chi connectivity index (χ1n) is 9.22. The summed E-state index contributed by atoms with van der Waals surface area (Å²) in [7, 11) is 3.16. The van der Waals surface area contributed by atoms with Gasteiger partial charge in [-0.05, 0) is 36.8 Å². The monoisotopic (exact) mass is 398 g/mol. The average molecular weight is 398 g/mol. The first-order chi connectivity index (χ1) is 14.0. The van der Waals surface area contributed by atoms with Crippen molar-refractivity contribution >= 4 is 5.91 Å². The van der Waals surface area contributed by atoms with E-state index in [-0.39, 0.29) is 24.2 Å². The Morgan fingerprint density at radius 1 is 1.17 bits per heavy atom. The van der Waals surface area contributed by atoms with Gasteiger partial charge in [0.25, 0.3) is 0 Å². The van der Waals surface area contributed by atoms with Crippen molar-refractivity contribution in [2.24, 2.45) is 0 Å². The molecule has 1 aromatic heterocycles. The number of hydrogen-bond donors (Lipinski definition) is 1. The number of benzene rings is 2. The number of methoxy groups -OCH3 is 2. The minimum absolute atomic E-state index is 0.136. The predicted octanol–water partition coefficient (Wildman–Crippen LogP) is 4.31. The lowest BCUT2D eigenvalue weighted by molar-refractivity contribution is -0.121. The van der Waals surface area contributed by atoms with E-state index >= 15 is 0 Å². The zero-order valence-electron chi connectivity index (χ0n) is 16.6. The van der Waals surface area contributed by atoms with Gasteiger partial charge in [-0.1, -0.05) is 12.1 Å². The second-order valence-corrected chi connectivity index (χ2v) is 6.53. The Morgan fingerprint density at radius 3 is 2.62 bits per heavy atom. The molecule has 1 amide bonds. The maximum Gasteiger partial charge on any atom is 0.220 e. The fraction of sp³-hybridized carbons (Fsp3) is 0.273. The number of nitrogens with one attached hydrogen (secondary N) is 1. The first kappa shape index (κ1) is 20.4. The topological polar surface area (TPSA) is 73.6 Å². The molecule has 0 bridgehead atoms. The number of rotatable bonds is 8. The Balaban J connectivity index is 1.59. The molecule has 0 aliphatic carbocycles. The molecule has 0 unspecified atom stereocenters. The number of nitrogens with zero attached hydrogens (tertiary/aromatic N) is 1. The van der Waals surface area contributed by atoms with Crippen LogP contribution in [0, 0.1) is 5.82 Å². The highest BCUT2D eigenvalue weighted by Crippen LogP contribution is 2.33. The maximum absolute atomic E-state index is 13.0. The first-order valence-corrected chi connectivity index (χ1v) is 9.22. The molecule has 1 heterocycles. The summed E-state index contributed by atoms with van der Waals surface area (Å²) < 4.78 is 29.4. The van der Waals surface area contributed by atoms with Crippen molar-refractivity contribution in [2.75, 3.05) is 14.2 Å². The van der Waals surface area contributed by atoms with E-state index in [1.165, 1.54) is 12.1 Å². The summed E-state index contributed by atoms with van der Waals surface area (Å²) in [6.07, 6.45) is 2.20. The molecular weight excluding hydrogens is 375 g/mol. The number of amides is 1. The molecule has 7 heteroatoms. The van der Waals surface area contributed by atoms with E-state index in [0.717, 1.165) is 11.1 Å². The third kappa shape index (κ3) is 5.13. The van der Waals surface area contributed by atoms with E-state index in [2.05, 4.69) is 10.3 Å². The molecule has 1 N–H and O–H groups in total. The molecule has 0 radical (unpaired) electrons. The number of ether oxygens (including phenoxy) is 2. The summed E-state index contributed by atoms with van der Waals surface area (Å²) in [6.45, 7) is 1.85. The Bertz CT molecular complexity index is 969. The summed E-state index contributed by atoms with van der Waals surface area (Å²) in [6, 6.07) is 11.3. The Labute approximate surface area is 168 Å². The van der Waals surface area contributed by atoms with Gasteiger partial charge in [-0.2, -0.15) is 0 Å². The van der Waals surface area contributed by atoms with Crippen LogP contribution in [-0.2, 0) is 11.2 Å². The van der Waals surface area contributed by atoms with Gasteiger partial charge in [0.05, 0.1) is 32.0 Å². The highest BCUT2D eigenvalue weighted by Gasteiger charge is 2.15. The predicted molar refractivity (Wildman–Crippen MR) is 106 cm³/mol. The van der Waals surface area contributed by atoms with Crippen molar-refractivity contribution in [3.8, 4) is 22.8 Å². The molecule has 3 rings (SSSR count). The molecule has 0 aliphatic rings. The number of aromatic nitrogens is 1. The second-order valence-electron chi connectivity index (χ2n) is 6.53. The summed E-state index contributed by atoms with van der Waals surface area (Å²) in [5, 5.41) is 2.89.